The van der Waals surface area contributed by atoms with Gasteiger partial charge in [-0.15, -0.1) is 0 Å². The lowest BCUT2D eigenvalue weighted by molar-refractivity contribution is -0.137. The molecule has 0 aromatic carbocycles. The van der Waals surface area contributed by atoms with Crippen molar-refractivity contribution < 1.29 is 9.90 Å². The number of halogens is 1. The molecule has 0 aliphatic heterocycles. The van der Waals surface area contributed by atoms with Crippen LogP contribution in [0.25, 0.3) is 11.0 Å². The van der Waals surface area contributed by atoms with Crippen LogP contribution in [0.1, 0.15) is 30.0 Å². The minimum Gasteiger partial charge on any atom is -0.480 e. The number of carboxylic acids is 1. The molecule has 7 heteroatoms. The van der Waals surface area contributed by atoms with E-state index in [0.717, 1.165) is 23.9 Å². The minimum absolute atomic E-state index is 0.0775. The summed E-state index contributed by atoms with van der Waals surface area (Å²) in [5, 5.41) is 14.4. The van der Waals surface area contributed by atoms with Crippen molar-refractivity contribution in [1.29, 1.82) is 0 Å². The van der Waals surface area contributed by atoms with Gasteiger partial charge in [0.25, 0.3) is 5.56 Å². The van der Waals surface area contributed by atoms with Crippen molar-refractivity contribution in [3.63, 3.8) is 0 Å². The van der Waals surface area contributed by atoms with Crippen molar-refractivity contribution in [3.8, 4) is 0 Å². The molecule has 0 saturated heterocycles. The van der Waals surface area contributed by atoms with Crippen molar-refractivity contribution in [2.24, 2.45) is 7.05 Å². The Balaban J connectivity index is 2.43. The average molecular weight is 296 g/mol. The van der Waals surface area contributed by atoms with Gasteiger partial charge in [0, 0.05) is 18.4 Å². The summed E-state index contributed by atoms with van der Waals surface area (Å²) in [5.74, 6) is -0.688. The number of fused-ring (bicyclic) bond motifs is 1. The Morgan fingerprint density at radius 1 is 1.50 bits per heavy atom. The van der Waals surface area contributed by atoms with Gasteiger partial charge in [0.1, 0.15) is 17.2 Å². The summed E-state index contributed by atoms with van der Waals surface area (Å²) in [4.78, 5) is 23.2. The van der Waals surface area contributed by atoms with Crippen molar-refractivity contribution in [3.05, 3.63) is 26.6 Å². The number of carbonyl (C=O) groups is 1. The van der Waals surface area contributed by atoms with E-state index in [1.807, 2.05) is 0 Å². The van der Waals surface area contributed by atoms with E-state index < -0.39 is 18.1 Å². The van der Waals surface area contributed by atoms with E-state index in [2.05, 4.69) is 5.10 Å². The maximum atomic E-state index is 12.2. The molecule has 2 aromatic rings. The molecule has 106 valence electrons. The fraction of sp³-hybridized carbons (Fsp3) is 0.462. The standard InChI is InChI=1S/C13H14ClN3O3/c1-6-9-11(7-3-4-7)15-16(2)12(9)17(5-8(18)19)13(20)10(6)14/h7H,3-5H2,1-2H3,(H,18,19). The maximum absolute atomic E-state index is 12.2. The van der Waals surface area contributed by atoms with Crippen molar-refractivity contribution in [2.45, 2.75) is 32.2 Å². The van der Waals surface area contributed by atoms with Gasteiger partial charge in [-0.2, -0.15) is 5.10 Å². The quantitative estimate of drug-likeness (QED) is 0.934. The first kappa shape index (κ1) is 13.2. The molecule has 0 spiro atoms. The van der Waals surface area contributed by atoms with Crippen LogP contribution in [0.2, 0.25) is 5.02 Å². The zero-order valence-corrected chi connectivity index (χ0v) is 11.9. The first-order valence-corrected chi connectivity index (χ1v) is 6.77. The van der Waals surface area contributed by atoms with E-state index in [4.69, 9.17) is 16.7 Å². The number of nitrogens with zero attached hydrogens (tertiary/aromatic N) is 3. The minimum atomic E-state index is -1.08. The van der Waals surface area contributed by atoms with Crippen LogP contribution in [0.5, 0.6) is 0 Å². The van der Waals surface area contributed by atoms with Crippen LogP contribution in [0.3, 0.4) is 0 Å². The Hall–Kier alpha value is -1.82. The summed E-state index contributed by atoms with van der Waals surface area (Å²) in [7, 11) is 1.72. The van der Waals surface area contributed by atoms with Crippen LogP contribution in [0.15, 0.2) is 4.79 Å². The van der Waals surface area contributed by atoms with Gasteiger partial charge in [-0.3, -0.25) is 18.8 Å². The molecule has 0 atom stereocenters. The number of hydrogen-bond donors (Lipinski definition) is 1. The van der Waals surface area contributed by atoms with Gasteiger partial charge in [0.05, 0.1) is 5.69 Å². The predicted molar refractivity (Wildman–Crippen MR) is 74.3 cm³/mol. The Bertz CT molecular complexity index is 786. The van der Waals surface area contributed by atoms with Crippen molar-refractivity contribution in [1.82, 2.24) is 14.3 Å². The van der Waals surface area contributed by atoms with Crippen molar-refractivity contribution >= 4 is 28.6 Å². The third-order valence-corrected chi connectivity index (χ3v) is 4.14. The monoisotopic (exact) mass is 295 g/mol. The number of hydrogen-bond acceptors (Lipinski definition) is 3. The van der Waals surface area contributed by atoms with Crippen LogP contribution >= 0.6 is 11.6 Å². The topological polar surface area (TPSA) is 77.1 Å². The maximum Gasteiger partial charge on any atom is 0.323 e. The Labute approximate surface area is 119 Å². The number of rotatable bonds is 3. The molecule has 0 amide bonds. The first-order chi connectivity index (χ1) is 9.41. The van der Waals surface area contributed by atoms with E-state index in [0.29, 0.717) is 17.1 Å². The summed E-state index contributed by atoms with van der Waals surface area (Å²) in [6.45, 7) is 1.36. The smallest absolute Gasteiger partial charge is 0.323 e. The van der Waals surface area contributed by atoms with Gasteiger partial charge < -0.3 is 5.11 Å². The molecule has 20 heavy (non-hydrogen) atoms. The number of aliphatic carboxylic acids is 1. The van der Waals surface area contributed by atoms with E-state index in [1.165, 1.54) is 4.57 Å². The lowest BCUT2D eigenvalue weighted by Gasteiger charge is -2.10. The third kappa shape index (κ3) is 1.83. The van der Waals surface area contributed by atoms with Gasteiger partial charge in [0.15, 0.2) is 0 Å². The molecule has 0 bridgehead atoms. The van der Waals surface area contributed by atoms with E-state index in [1.54, 1.807) is 18.7 Å². The highest BCUT2D eigenvalue weighted by atomic mass is 35.5. The predicted octanol–water partition coefficient (Wildman–Crippen LogP) is 1.66. The number of aromatic nitrogens is 3. The second-order valence-corrected chi connectivity index (χ2v) is 5.58. The highest BCUT2D eigenvalue weighted by Gasteiger charge is 2.31. The fourth-order valence-electron chi connectivity index (χ4n) is 2.61. The van der Waals surface area contributed by atoms with Gasteiger partial charge in [-0.25, -0.2) is 0 Å². The SMILES string of the molecule is Cc1c(Cl)c(=O)n(CC(=O)O)c2c1c(C1CC1)nn2C. The summed E-state index contributed by atoms with van der Waals surface area (Å²) in [6, 6.07) is 0. The Morgan fingerprint density at radius 3 is 2.70 bits per heavy atom. The van der Waals surface area contributed by atoms with Gasteiger partial charge in [0.2, 0.25) is 0 Å². The Kier molecular flexibility index (Phi) is 2.86. The molecule has 1 aliphatic rings. The molecule has 1 aliphatic carbocycles. The molecule has 2 heterocycles. The number of aryl methyl sites for hydroxylation is 2. The van der Waals surface area contributed by atoms with Gasteiger partial charge >= 0.3 is 5.97 Å². The number of pyridine rings is 1. The van der Waals surface area contributed by atoms with Crippen LogP contribution in [-0.2, 0) is 18.4 Å². The van der Waals surface area contributed by atoms with Crippen LogP contribution < -0.4 is 5.56 Å². The lowest BCUT2D eigenvalue weighted by atomic mass is 10.1. The molecular weight excluding hydrogens is 282 g/mol. The summed E-state index contributed by atoms with van der Waals surface area (Å²) in [6.07, 6.45) is 2.14. The summed E-state index contributed by atoms with van der Waals surface area (Å²) < 4.78 is 2.77. The van der Waals surface area contributed by atoms with Crippen molar-refractivity contribution in [2.75, 3.05) is 0 Å². The van der Waals surface area contributed by atoms with Gasteiger partial charge in [-0.1, -0.05) is 11.6 Å². The average Bonchev–Trinajstić information content (AvgIpc) is 3.16. The molecule has 1 N–H and O–H groups in total. The Morgan fingerprint density at radius 2 is 2.15 bits per heavy atom. The van der Waals surface area contributed by atoms with E-state index >= 15 is 0 Å². The first-order valence-electron chi connectivity index (χ1n) is 6.39. The van der Waals surface area contributed by atoms with E-state index in [-0.39, 0.29) is 5.02 Å². The zero-order valence-electron chi connectivity index (χ0n) is 11.2. The van der Waals surface area contributed by atoms with E-state index in [9.17, 15) is 9.59 Å². The molecule has 1 saturated carbocycles. The lowest BCUT2D eigenvalue weighted by Crippen LogP contribution is -2.26. The molecule has 0 unspecified atom stereocenters. The van der Waals surface area contributed by atoms with Crippen LogP contribution in [-0.4, -0.2) is 25.4 Å². The molecule has 0 radical (unpaired) electrons. The molecular formula is C13H14ClN3O3. The third-order valence-electron chi connectivity index (χ3n) is 3.69. The largest absolute Gasteiger partial charge is 0.480 e. The van der Waals surface area contributed by atoms with Crippen LogP contribution in [0, 0.1) is 6.92 Å². The summed E-state index contributed by atoms with van der Waals surface area (Å²) >= 11 is 6.09. The summed E-state index contributed by atoms with van der Waals surface area (Å²) in [5.41, 5.74) is 1.65. The van der Waals surface area contributed by atoms with Gasteiger partial charge in [-0.05, 0) is 25.3 Å². The molecule has 6 nitrogen and oxygen atoms in total. The normalized spacial score (nSPS) is 14.9. The molecule has 2 aromatic heterocycles. The second-order valence-electron chi connectivity index (χ2n) is 5.21. The highest BCUT2D eigenvalue weighted by molar-refractivity contribution is 6.32. The fourth-order valence-corrected chi connectivity index (χ4v) is 2.81. The van der Waals surface area contributed by atoms with Crippen LogP contribution in [0.4, 0.5) is 0 Å². The number of carboxylic acid groups (broad SMARTS) is 1. The second kappa shape index (κ2) is 4.34. The molecule has 3 rings (SSSR count). The highest BCUT2D eigenvalue weighted by Crippen LogP contribution is 2.43. The zero-order chi connectivity index (χ0) is 14.6. The molecule has 1 fully saturated rings.